The van der Waals surface area contributed by atoms with E-state index in [0.29, 0.717) is 24.0 Å². The second kappa shape index (κ2) is 13.2. The molecular formula is C33H48O4. The number of hydrogen-bond acceptors (Lipinski definition) is 4. The lowest BCUT2D eigenvalue weighted by Crippen LogP contribution is -2.10. The smallest absolute Gasteiger partial charge is 0.125 e. The zero-order valence-corrected chi connectivity index (χ0v) is 24.0. The first-order chi connectivity index (χ1) is 17.9. The van der Waals surface area contributed by atoms with Crippen molar-refractivity contribution in [3.8, 4) is 11.5 Å². The maximum Gasteiger partial charge on any atom is 0.125 e. The van der Waals surface area contributed by atoms with Gasteiger partial charge in [0.1, 0.15) is 11.5 Å². The van der Waals surface area contributed by atoms with Gasteiger partial charge in [-0.05, 0) is 105 Å². The van der Waals surface area contributed by atoms with Crippen LogP contribution in [0.5, 0.6) is 11.5 Å². The van der Waals surface area contributed by atoms with Crippen LogP contribution in [0.1, 0.15) is 85.8 Å². The zero-order valence-electron chi connectivity index (χ0n) is 24.0. The van der Waals surface area contributed by atoms with E-state index >= 15 is 0 Å². The van der Waals surface area contributed by atoms with Gasteiger partial charge in [0, 0.05) is 0 Å². The van der Waals surface area contributed by atoms with Crippen LogP contribution in [-0.4, -0.2) is 38.6 Å². The van der Waals surface area contributed by atoms with Crippen LogP contribution in [0.3, 0.4) is 0 Å². The van der Waals surface area contributed by atoms with E-state index in [1.165, 1.54) is 59.1 Å². The van der Waals surface area contributed by atoms with Crippen molar-refractivity contribution in [3.05, 3.63) is 57.6 Å². The van der Waals surface area contributed by atoms with Crippen molar-refractivity contribution >= 4 is 0 Å². The molecule has 2 aromatic carbocycles. The Kier molecular flexibility index (Phi) is 9.95. The fourth-order valence-electron chi connectivity index (χ4n) is 5.98. The van der Waals surface area contributed by atoms with Crippen molar-refractivity contribution in [2.24, 2.45) is 11.8 Å². The molecule has 4 rings (SSSR count). The minimum Gasteiger partial charge on any atom is -0.493 e. The van der Waals surface area contributed by atoms with E-state index in [4.69, 9.17) is 18.9 Å². The van der Waals surface area contributed by atoms with Gasteiger partial charge in [0.25, 0.3) is 0 Å². The lowest BCUT2D eigenvalue weighted by Gasteiger charge is -2.17. The van der Waals surface area contributed by atoms with Crippen LogP contribution >= 0.6 is 0 Å². The summed E-state index contributed by atoms with van der Waals surface area (Å²) in [5.41, 5.74) is 7.57. The first kappa shape index (κ1) is 28.0. The number of epoxide rings is 2. The lowest BCUT2D eigenvalue weighted by atomic mass is 9.96. The molecule has 0 aromatic heterocycles. The van der Waals surface area contributed by atoms with E-state index in [-0.39, 0.29) is 0 Å². The number of hydrogen-bond donors (Lipinski definition) is 0. The Hall–Kier alpha value is -2.04. The molecule has 4 nitrogen and oxygen atoms in total. The van der Waals surface area contributed by atoms with E-state index in [2.05, 4.69) is 65.8 Å². The van der Waals surface area contributed by atoms with Crippen LogP contribution in [-0.2, 0) is 15.9 Å². The highest BCUT2D eigenvalue weighted by Gasteiger charge is 2.31. The van der Waals surface area contributed by atoms with E-state index in [9.17, 15) is 0 Å². The van der Waals surface area contributed by atoms with Crippen LogP contribution in [0.2, 0.25) is 0 Å². The molecule has 4 atom stereocenters. The molecule has 2 heterocycles. The standard InChI is InChI=1S/C33H48O4/c1-7-28(30-20-36-30)11-9-13-34-32-22(3)15-26(16-23(32)4)19-27-17-24(5)33(25(6)18-27)35-14-10-12-29(8-2)31-21-37-31/h15-18,28-31H,7-14,19-21H2,1-6H3. The van der Waals surface area contributed by atoms with Gasteiger partial charge in [-0.1, -0.05) is 51.0 Å². The third-order valence-electron chi connectivity index (χ3n) is 8.20. The summed E-state index contributed by atoms with van der Waals surface area (Å²) in [5.74, 6) is 3.48. The highest BCUT2D eigenvalue weighted by atomic mass is 16.6. The van der Waals surface area contributed by atoms with Gasteiger partial charge in [-0.3, -0.25) is 0 Å². The maximum absolute atomic E-state index is 6.24. The van der Waals surface area contributed by atoms with Gasteiger partial charge >= 0.3 is 0 Å². The summed E-state index contributed by atoms with van der Waals surface area (Å²) in [4.78, 5) is 0. The second-order valence-electron chi connectivity index (χ2n) is 11.4. The van der Waals surface area contributed by atoms with Crippen LogP contribution in [0, 0.1) is 39.5 Å². The summed E-state index contributed by atoms with van der Waals surface area (Å²) in [7, 11) is 0. The fraction of sp³-hybridized carbons (Fsp3) is 0.636. The summed E-state index contributed by atoms with van der Waals surface area (Å²) in [5, 5.41) is 0. The van der Waals surface area contributed by atoms with Gasteiger partial charge in [0.2, 0.25) is 0 Å². The molecule has 0 N–H and O–H groups in total. The highest BCUT2D eigenvalue weighted by Crippen LogP contribution is 2.31. The molecule has 0 amide bonds. The first-order valence-electron chi connectivity index (χ1n) is 14.6. The minimum absolute atomic E-state index is 0.502. The molecule has 204 valence electrons. The fourth-order valence-corrected chi connectivity index (χ4v) is 5.98. The lowest BCUT2D eigenvalue weighted by molar-refractivity contribution is 0.261. The molecular weight excluding hydrogens is 460 g/mol. The first-order valence-corrected chi connectivity index (χ1v) is 14.6. The van der Waals surface area contributed by atoms with Gasteiger partial charge in [-0.15, -0.1) is 0 Å². The average Bonchev–Trinajstić information content (AvgIpc) is 3.76. The summed E-state index contributed by atoms with van der Waals surface area (Å²) < 4.78 is 23.5. The third kappa shape index (κ3) is 7.97. The minimum atomic E-state index is 0.502. The average molecular weight is 509 g/mol. The van der Waals surface area contributed by atoms with Gasteiger partial charge in [-0.25, -0.2) is 0 Å². The number of aryl methyl sites for hydroxylation is 4. The molecule has 2 aliphatic heterocycles. The molecule has 2 aromatic rings. The quantitative estimate of drug-likeness (QED) is 0.172. The van der Waals surface area contributed by atoms with Crippen molar-refractivity contribution in [3.63, 3.8) is 0 Å². The summed E-state index contributed by atoms with van der Waals surface area (Å²) in [6.45, 7) is 16.7. The van der Waals surface area contributed by atoms with Crippen molar-refractivity contribution in [2.75, 3.05) is 26.4 Å². The largest absolute Gasteiger partial charge is 0.493 e. The van der Waals surface area contributed by atoms with Crippen molar-refractivity contribution < 1.29 is 18.9 Å². The zero-order chi connectivity index (χ0) is 26.4. The maximum atomic E-state index is 6.24. The summed E-state index contributed by atoms with van der Waals surface area (Å²) in [6, 6.07) is 9.16. The van der Waals surface area contributed by atoms with Crippen LogP contribution in [0.25, 0.3) is 0 Å². The van der Waals surface area contributed by atoms with E-state index in [1.807, 2.05) is 0 Å². The predicted octanol–water partition coefficient (Wildman–Crippen LogP) is 7.68. The topological polar surface area (TPSA) is 43.5 Å². The Morgan fingerprint density at radius 2 is 1.03 bits per heavy atom. The van der Waals surface area contributed by atoms with Gasteiger partial charge < -0.3 is 18.9 Å². The summed E-state index contributed by atoms with van der Waals surface area (Å²) in [6.07, 6.45) is 8.85. The molecule has 0 radical (unpaired) electrons. The van der Waals surface area contributed by atoms with Crippen molar-refractivity contribution in [1.29, 1.82) is 0 Å². The number of ether oxygens (including phenoxy) is 4. The predicted molar refractivity (Wildman–Crippen MR) is 151 cm³/mol. The third-order valence-corrected chi connectivity index (χ3v) is 8.20. The number of rotatable bonds is 16. The van der Waals surface area contributed by atoms with Gasteiger partial charge in [-0.2, -0.15) is 0 Å². The Bertz CT molecular complexity index is 893. The van der Waals surface area contributed by atoms with Gasteiger partial charge in [0.05, 0.1) is 38.6 Å². The normalized spacial score (nSPS) is 19.9. The molecule has 2 aliphatic rings. The van der Waals surface area contributed by atoms with Crippen molar-refractivity contribution in [2.45, 2.75) is 98.7 Å². The van der Waals surface area contributed by atoms with Crippen LogP contribution in [0.4, 0.5) is 0 Å². The molecule has 4 heteroatoms. The van der Waals surface area contributed by atoms with E-state index < -0.39 is 0 Å². The Balaban J connectivity index is 1.28. The molecule has 0 bridgehead atoms. The Labute approximate surface area is 225 Å². The number of benzene rings is 2. The molecule has 37 heavy (non-hydrogen) atoms. The molecule has 0 aliphatic carbocycles. The van der Waals surface area contributed by atoms with Crippen molar-refractivity contribution in [1.82, 2.24) is 0 Å². The van der Waals surface area contributed by atoms with Crippen LogP contribution in [0.15, 0.2) is 24.3 Å². The second-order valence-corrected chi connectivity index (χ2v) is 11.4. The Morgan fingerprint density at radius 3 is 1.32 bits per heavy atom. The molecule has 0 spiro atoms. The summed E-state index contributed by atoms with van der Waals surface area (Å²) >= 11 is 0. The SMILES string of the molecule is CCC(CCCOc1c(C)cc(Cc2cc(C)c(OCCCC(CC)C3CO3)c(C)c2)cc1C)C1CO1. The van der Waals surface area contributed by atoms with Crippen LogP contribution < -0.4 is 9.47 Å². The monoisotopic (exact) mass is 508 g/mol. The van der Waals surface area contributed by atoms with E-state index in [1.54, 1.807) is 0 Å². The van der Waals surface area contributed by atoms with E-state index in [0.717, 1.165) is 57.2 Å². The molecule has 4 unspecified atom stereocenters. The highest BCUT2D eigenvalue weighted by molar-refractivity contribution is 5.47. The molecule has 0 saturated carbocycles. The Morgan fingerprint density at radius 1 is 0.676 bits per heavy atom. The molecule has 2 fully saturated rings. The molecule has 2 saturated heterocycles. The van der Waals surface area contributed by atoms with Gasteiger partial charge in [0.15, 0.2) is 0 Å².